The number of hydrogen-bond donors (Lipinski definition) is 1. The first-order chi connectivity index (χ1) is 8.99. The van der Waals surface area contributed by atoms with E-state index in [9.17, 15) is 4.79 Å². The Morgan fingerprint density at radius 3 is 2.79 bits per heavy atom. The Bertz CT molecular complexity index is 613. The number of thiophene rings is 1. The van der Waals surface area contributed by atoms with E-state index in [1.807, 2.05) is 6.92 Å². The lowest BCUT2D eigenvalue weighted by molar-refractivity contribution is 0.102. The largest absolute Gasteiger partial charge is 0.481 e. The molecular formula is C11H9BrClN3O2S. The van der Waals surface area contributed by atoms with E-state index in [2.05, 4.69) is 31.2 Å². The Labute approximate surface area is 127 Å². The number of ether oxygens (including phenoxy) is 1. The van der Waals surface area contributed by atoms with Crippen molar-refractivity contribution in [3.05, 3.63) is 31.5 Å². The average molecular weight is 363 g/mol. The third kappa shape index (κ3) is 3.43. The molecule has 1 amide bonds. The van der Waals surface area contributed by atoms with Crippen molar-refractivity contribution in [2.24, 2.45) is 0 Å². The molecule has 0 atom stereocenters. The van der Waals surface area contributed by atoms with Gasteiger partial charge in [-0.3, -0.25) is 10.1 Å². The van der Waals surface area contributed by atoms with Gasteiger partial charge in [0, 0.05) is 6.07 Å². The van der Waals surface area contributed by atoms with E-state index in [1.165, 1.54) is 24.5 Å². The van der Waals surface area contributed by atoms with Crippen molar-refractivity contribution in [2.45, 2.75) is 6.92 Å². The van der Waals surface area contributed by atoms with Crippen LogP contribution in [0.1, 0.15) is 15.2 Å². The van der Waals surface area contributed by atoms with Crippen LogP contribution in [-0.4, -0.2) is 23.0 Å². The quantitative estimate of drug-likeness (QED) is 0.849. The summed E-state index contributed by atoms with van der Waals surface area (Å²) in [5.74, 6) is 0.110. The number of hydrogen-bond acceptors (Lipinski definition) is 5. The number of carbonyl (C=O) groups excluding carboxylic acids is 1. The topological polar surface area (TPSA) is 64.1 Å². The first-order valence-corrected chi connectivity index (χ1v) is 7.14. The maximum absolute atomic E-state index is 12.0. The number of carbonyl (C=O) groups is 1. The number of rotatable bonds is 3. The third-order valence-electron chi connectivity index (χ3n) is 2.19. The Balaban J connectivity index is 2.21. The van der Waals surface area contributed by atoms with Gasteiger partial charge in [-0.05, 0) is 34.5 Å². The fourth-order valence-electron chi connectivity index (χ4n) is 1.29. The van der Waals surface area contributed by atoms with Crippen LogP contribution in [-0.2, 0) is 0 Å². The lowest BCUT2D eigenvalue weighted by Crippen LogP contribution is -2.13. The van der Waals surface area contributed by atoms with E-state index < -0.39 is 0 Å². The number of aryl methyl sites for hydroxylation is 1. The van der Waals surface area contributed by atoms with Gasteiger partial charge >= 0.3 is 0 Å². The predicted molar refractivity (Wildman–Crippen MR) is 78.3 cm³/mol. The van der Waals surface area contributed by atoms with Crippen molar-refractivity contribution >= 4 is 50.7 Å². The second-order valence-corrected chi connectivity index (χ2v) is 6.34. The minimum Gasteiger partial charge on any atom is -0.481 e. The van der Waals surface area contributed by atoms with Gasteiger partial charge in [-0.2, -0.15) is 4.98 Å². The van der Waals surface area contributed by atoms with E-state index >= 15 is 0 Å². The zero-order valence-corrected chi connectivity index (χ0v) is 13.2. The van der Waals surface area contributed by atoms with Gasteiger partial charge in [0.1, 0.15) is 5.15 Å². The third-order valence-corrected chi connectivity index (χ3v) is 4.52. The highest BCUT2D eigenvalue weighted by molar-refractivity contribution is 9.11. The monoisotopic (exact) mass is 361 g/mol. The number of aromatic nitrogens is 2. The molecule has 1 N–H and O–H groups in total. The van der Waals surface area contributed by atoms with Gasteiger partial charge in [-0.15, -0.1) is 11.3 Å². The van der Waals surface area contributed by atoms with Gasteiger partial charge in [0.25, 0.3) is 5.91 Å². The Hall–Kier alpha value is -1.18. The van der Waals surface area contributed by atoms with Gasteiger partial charge in [-0.25, -0.2) is 4.98 Å². The van der Waals surface area contributed by atoms with Gasteiger partial charge < -0.3 is 4.74 Å². The number of anilines is 1. The van der Waals surface area contributed by atoms with E-state index in [0.29, 0.717) is 10.8 Å². The molecule has 2 rings (SSSR count). The Morgan fingerprint density at radius 1 is 1.47 bits per heavy atom. The summed E-state index contributed by atoms with van der Waals surface area (Å²) in [5.41, 5.74) is 1.000. The van der Waals surface area contributed by atoms with Gasteiger partial charge in [-0.1, -0.05) is 11.6 Å². The molecule has 0 aliphatic carbocycles. The van der Waals surface area contributed by atoms with E-state index in [-0.39, 0.29) is 17.0 Å². The summed E-state index contributed by atoms with van der Waals surface area (Å²) in [6.07, 6.45) is 0. The van der Waals surface area contributed by atoms with E-state index in [1.54, 1.807) is 6.07 Å². The van der Waals surface area contributed by atoms with Gasteiger partial charge in [0.05, 0.1) is 15.8 Å². The summed E-state index contributed by atoms with van der Waals surface area (Å²) in [6, 6.07) is 3.24. The molecule has 0 radical (unpaired) electrons. The molecule has 0 bridgehead atoms. The molecule has 2 aromatic rings. The molecule has 8 heteroatoms. The highest BCUT2D eigenvalue weighted by atomic mass is 79.9. The molecule has 0 spiro atoms. The minimum absolute atomic E-state index is 0.108. The summed E-state index contributed by atoms with van der Waals surface area (Å²) in [6.45, 7) is 1.91. The first kappa shape index (κ1) is 14.2. The van der Waals surface area contributed by atoms with E-state index in [4.69, 9.17) is 16.3 Å². The highest BCUT2D eigenvalue weighted by Crippen LogP contribution is 2.27. The molecule has 0 saturated carbocycles. The SMILES string of the molecule is COc1cc(Cl)nc(NC(=O)c2cc(C)c(Br)s2)n1. The molecular weight excluding hydrogens is 354 g/mol. The van der Waals surface area contributed by atoms with Crippen LogP contribution in [0.3, 0.4) is 0 Å². The van der Waals surface area contributed by atoms with Crippen molar-refractivity contribution in [3.63, 3.8) is 0 Å². The van der Waals surface area contributed by atoms with Crippen molar-refractivity contribution < 1.29 is 9.53 Å². The minimum atomic E-state index is -0.289. The summed E-state index contributed by atoms with van der Waals surface area (Å²) in [7, 11) is 1.46. The molecule has 0 aromatic carbocycles. The van der Waals surface area contributed by atoms with Crippen LogP contribution in [0.25, 0.3) is 0 Å². The van der Waals surface area contributed by atoms with E-state index in [0.717, 1.165) is 9.35 Å². The van der Waals surface area contributed by atoms with Gasteiger partial charge in [0.15, 0.2) is 0 Å². The molecule has 0 fully saturated rings. The summed E-state index contributed by atoms with van der Waals surface area (Å²) < 4.78 is 5.87. The summed E-state index contributed by atoms with van der Waals surface area (Å²) in [4.78, 5) is 20.5. The van der Waals surface area contributed by atoms with Crippen LogP contribution in [0.15, 0.2) is 15.9 Å². The molecule has 0 aliphatic heterocycles. The molecule has 19 heavy (non-hydrogen) atoms. The molecule has 2 heterocycles. The molecule has 2 aromatic heterocycles. The van der Waals surface area contributed by atoms with Crippen LogP contribution in [0.4, 0.5) is 5.95 Å². The van der Waals surface area contributed by atoms with Crippen molar-refractivity contribution in [2.75, 3.05) is 12.4 Å². The molecule has 0 unspecified atom stereocenters. The number of nitrogens with zero attached hydrogens (tertiary/aromatic N) is 2. The maximum atomic E-state index is 12.0. The number of amides is 1. The fraction of sp³-hybridized carbons (Fsp3) is 0.182. The van der Waals surface area contributed by atoms with Crippen LogP contribution >= 0.6 is 38.9 Å². The summed E-state index contributed by atoms with van der Waals surface area (Å²) >= 11 is 10.5. The van der Waals surface area contributed by atoms with Crippen LogP contribution in [0.2, 0.25) is 5.15 Å². The standard InChI is InChI=1S/C11H9BrClN3O2S/c1-5-3-6(19-9(5)12)10(17)16-11-14-7(13)4-8(15-11)18-2/h3-4H,1-2H3,(H,14,15,16,17). The Kier molecular flexibility index (Phi) is 4.38. The van der Waals surface area contributed by atoms with Gasteiger partial charge in [0.2, 0.25) is 11.8 Å². The number of halogens is 2. The zero-order valence-electron chi connectivity index (χ0n) is 10.0. The highest BCUT2D eigenvalue weighted by Gasteiger charge is 2.13. The second-order valence-electron chi connectivity index (χ2n) is 3.58. The number of nitrogens with one attached hydrogen (secondary N) is 1. The second kappa shape index (κ2) is 5.85. The Morgan fingerprint density at radius 2 is 2.21 bits per heavy atom. The smallest absolute Gasteiger partial charge is 0.268 e. The average Bonchev–Trinajstić information content (AvgIpc) is 2.69. The van der Waals surface area contributed by atoms with Crippen molar-refractivity contribution in [1.82, 2.24) is 9.97 Å². The van der Waals surface area contributed by atoms with Crippen LogP contribution < -0.4 is 10.1 Å². The molecule has 0 saturated heterocycles. The van der Waals surface area contributed by atoms with Crippen molar-refractivity contribution in [1.29, 1.82) is 0 Å². The summed E-state index contributed by atoms with van der Waals surface area (Å²) in [5, 5.41) is 2.78. The lowest BCUT2D eigenvalue weighted by atomic mass is 10.3. The lowest BCUT2D eigenvalue weighted by Gasteiger charge is -2.04. The first-order valence-electron chi connectivity index (χ1n) is 5.15. The molecule has 100 valence electrons. The zero-order chi connectivity index (χ0) is 14.0. The number of methoxy groups -OCH3 is 1. The fourth-order valence-corrected chi connectivity index (χ4v) is 2.90. The van der Waals surface area contributed by atoms with Crippen molar-refractivity contribution in [3.8, 4) is 5.88 Å². The normalized spacial score (nSPS) is 10.3. The predicted octanol–water partition coefficient (Wildman–Crippen LogP) is 3.52. The molecule has 0 aliphatic rings. The van der Waals surface area contributed by atoms with Crippen LogP contribution in [0.5, 0.6) is 5.88 Å². The van der Waals surface area contributed by atoms with Crippen LogP contribution in [0, 0.1) is 6.92 Å². The maximum Gasteiger partial charge on any atom is 0.268 e. The molecule has 5 nitrogen and oxygen atoms in total.